The number of carbonyl (C=O) groups is 1. The lowest BCUT2D eigenvalue weighted by molar-refractivity contribution is 0.0958. The largest absolute Gasteiger partial charge is 0.459 e. The molecule has 6 nitrogen and oxygen atoms in total. The highest BCUT2D eigenvalue weighted by Crippen LogP contribution is 2.32. The summed E-state index contributed by atoms with van der Waals surface area (Å²) in [6, 6.07) is 12.0. The van der Waals surface area contributed by atoms with E-state index in [9.17, 15) is 13.2 Å². The number of nitrogens with zero attached hydrogens (tertiary/aromatic N) is 1. The van der Waals surface area contributed by atoms with Crippen LogP contribution in [0.2, 0.25) is 0 Å². The van der Waals surface area contributed by atoms with Crippen molar-refractivity contribution in [2.24, 2.45) is 0 Å². The van der Waals surface area contributed by atoms with Crippen LogP contribution in [0.5, 0.6) is 0 Å². The molecule has 8 heteroatoms. The van der Waals surface area contributed by atoms with Crippen LogP contribution in [0.4, 0.5) is 11.4 Å². The van der Waals surface area contributed by atoms with Gasteiger partial charge in [0.05, 0.1) is 6.26 Å². The predicted molar refractivity (Wildman–Crippen MR) is 105 cm³/mol. The fourth-order valence-electron chi connectivity index (χ4n) is 3.17. The molecule has 0 fully saturated rings. The number of anilines is 2. The molecule has 27 heavy (non-hydrogen) atoms. The lowest BCUT2D eigenvalue weighted by atomic mass is 10.0. The summed E-state index contributed by atoms with van der Waals surface area (Å²) in [5.41, 5.74) is 2.22. The first-order valence-electron chi connectivity index (χ1n) is 8.51. The Morgan fingerprint density at radius 2 is 2.07 bits per heavy atom. The maximum absolute atomic E-state index is 12.6. The van der Waals surface area contributed by atoms with Gasteiger partial charge in [-0.2, -0.15) is 0 Å². The second-order valence-corrected chi connectivity index (χ2v) is 9.55. The number of fused-ring (bicyclic) bond motifs is 1. The van der Waals surface area contributed by atoms with Crippen molar-refractivity contribution in [3.63, 3.8) is 0 Å². The molecule has 1 amide bonds. The van der Waals surface area contributed by atoms with Gasteiger partial charge in [-0.05, 0) is 67.8 Å². The highest BCUT2D eigenvalue weighted by Gasteiger charge is 2.26. The standard InChI is InChI=1S/C19H18N2O4S2/c1-13-6-9-18(26-13)27(23,24)20-15-7-8-16-14(12-15)4-2-10-21(16)19(22)17-5-3-11-25-17/h3,5-9,11-12,20H,2,4,10H2,1H3. The van der Waals surface area contributed by atoms with Gasteiger partial charge in [0.1, 0.15) is 4.21 Å². The van der Waals surface area contributed by atoms with Crippen LogP contribution >= 0.6 is 11.3 Å². The second kappa shape index (κ2) is 6.86. The Kier molecular flexibility index (Phi) is 4.53. The van der Waals surface area contributed by atoms with Crippen molar-refractivity contribution >= 4 is 38.6 Å². The number of nitrogens with one attached hydrogen (secondary N) is 1. The molecule has 3 heterocycles. The Morgan fingerprint density at radius 1 is 1.22 bits per heavy atom. The monoisotopic (exact) mass is 402 g/mol. The number of amides is 1. The van der Waals surface area contributed by atoms with Crippen LogP contribution < -0.4 is 9.62 Å². The second-order valence-electron chi connectivity index (χ2n) is 6.35. The minimum Gasteiger partial charge on any atom is -0.459 e. The molecule has 0 saturated heterocycles. The zero-order valence-corrected chi connectivity index (χ0v) is 16.3. The molecule has 0 unspecified atom stereocenters. The van der Waals surface area contributed by atoms with E-state index in [2.05, 4.69) is 4.72 Å². The Balaban J connectivity index is 1.61. The number of rotatable bonds is 4. The predicted octanol–water partition coefficient (Wildman–Crippen LogP) is 4.04. The summed E-state index contributed by atoms with van der Waals surface area (Å²) >= 11 is 1.23. The van der Waals surface area contributed by atoms with E-state index in [1.54, 1.807) is 47.4 Å². The van der Waals surface area contributed by atoms with Crippen LogP contribution in [0.3, 0.4) is 0 Å². The number of thiophene rings is 1. The lowest BCUT2D eigenvalue weighted by Gasteiger charge is -2.29. The van der Waals surface area contributed by atoms with Gasteiger partial charge in [0.2, 0.25) is 0 Å². The molecule has 0 saturated carbocycles. The number of benzene rings is 1. The van der Waals surface area contributed by atoms with E-state index in [0.29, 0.717) is 18.0 Å². The number of furan rings is 1. The van der Waals surface area contributed by atoms with E-state index in [-0.39, 0.29) is 10.1 Å². The molecule has 1 N–H and O–H groups in total. The molecule has 2 aromatic heterocycles. The molecule has 0 bridgehead atoms. The molecule has 0 atom stereocenters. The third-order valence-corrected chi connectivity index (χ3v) is 7.28. The number of hydrogen-bond acceptors (Lipinski definition) is 5. The van der Waals surface area contributed by atoms with Crippen LogP contribution in [0.1, 0.15) is 27.4 Å². The van der Waals surface area contributed by atoms with Crippen molar-refractivity contribution in [2.75, 3.05) is 16.2 Å². The molecule has 3 aromatic rings. The fraction of sp³-hybridized carbons (Fsp3) is 0.211. The van der Waals surface area contributed by atoms with Gasteiger partial charge < -0.3 is 9.32 Å². The minimum atomic E-state index is -3.61. The van der Waals surface area contributed by atoms with Crippen molar-refractivity contribution in [1.29, 1.82) is 0 Å². The van der Waals surface area contributed by atoms with E-state index in [1.807, 2.05) is 6.92 Å². The first-order chi connectivity index (χ1) is 12.9. The van der Waals surface area contributed by atoms with Gasteiger partial charge in [0.25, 0.3) is 15.9 Å². The highest BCUT2D eigenvalue weighted by molar-refractivity contribution is 7.94. The zero-order chi connectivity index (χ0) is 19.0. The van der Waals surface area contributed by atoms with Crippen molar-refractivity contribution in [1.82, 2.24) is 0 Å². The molecule has 0 aliphatic carbocycles. The number of carbonyl (C=O) groups excluding carboxylic acids is 1. The normalized spacial score (nSPS) is 14.0. The Labute approximate surface area is 161 Å². The maximum atomic E-state index is 12.6. The molecule has 0 spiro atoms. The summed E-state index contributed by atoms with van der Waals surface area (Å²) in [6.45, 7) is 2.47. The van der Waals surface area contributed by atoms with E-state index < -0.39 is 10.0 Å². The van der Waals surface area contributed by atoms with E-state index in [1.165, 1.54) is 17.6 Å². The third-order valence-electron chi connectivity index (χ3n) is 4.41. The molecule has 1 aromatic carbocycles. The maximum Gasteiger partial charge on any atom is 0.293 e. The summed E-state index contributed by atoms with van der Waals surface area (Å²) < 4.78 is 33.2. The van der Waals surface area contributed by atoms with Crippen molar-refractivity contribution in [2.45, 2.75) is 24.0 Å². The van der Waals surface area contributed by atoms with Gasteiger partial charge in [-0.3, -0.25) is 9.52 Å². The van der Waals surface area contributed by atoms with Crippen LogP contribution in [0.15, 0.2) is 57.4 Å². The molecule has 4 rings (SSSR count). The fourth-order valence-corrected chi connectivity index (χ4v) is 5.50. The molecule has 140 valence electrons. The molecule has 0 radical (unpaired) electrons. The first kappa shape index (κ1) is 17.8. The van der Waals surface area contributed by atoms with Gasteiger partial charge in [0, 0.05) is 22.8 Å². The highest BCUT2D eigenvalue weighted by atomic mass is 32.2. The van der Waals surface area contributed by atoms with E-state index >= 15 is 0 Å². The summed E-state index contributed by atoms with van der Waals surface area (Å²) in [4.78, 5) is 15.3. The van der Waals surface area contributed by atoms with E-state index in [4.69, 9.17) is 4.42 Å². The van der Waals surface area contributed by atoms with Gasteiger partial charge in [0.15, 0.2) is 5.76 Å². The first-order valence-corrected chi connectivity index (χ1v) is 10.8. The average molecular weight is 402 g/mol. The Morgan fingerprint density at radius 3 is 2.78 bits per heavy atom. The van der Waals surface area contributed by atoms with Crippen molar-refractivity contribution in [3.05, 3.63) is 64.9 Å². The molecule has 1 aliphatic heterocycles. The summed E-state index contributed by atoms with van der Waals surface area (Å²) in [7, 11) is -3.61. The number of hydrogen-bond donors (Lipinski definition) is 1. The average Bonchev–Trinajstić information content (AvgIpc) is 3.32. The molecular formula is C19H18N2O4S2. The van der Waals surface area contributed by atoms with Gasteiger partial charge in [-0.1, -0.05) is 0 Å². The Hall–Kier alpha value is -2.58. The summed E-state index contributed by atoms with van der Waals surface area (Å²) in [5.74, 6) is 0.101. The zero-order valence-electron chi connectivity index (χ0n) is 14.6. The van der Waals surface area contributed by atoms with Crippen LogP contribution in [0, 0.1) is 6.92 Å². The quantitative estimate of drug-likeness (QED) is 0.714. The molecule has 1 aliphatic rings. The third kappa shape index (κ3) is 3.50. The van der Waals surface area contributed by atoms with Gasteiger partial charge in [-0.25, -0.2) is 8.42 Å². The van der Waals surface area contributed by atoms with Gasteiger partial charge >= 0.3 is 0 Å². The topological polar surface area (TPSA) is 79.6 Å². The van der Waals surface area contributed by atoms with Crippen molar-refractivity contribution in [3.8, 4) is 0 Å². The van der Waals surface area contributed by atoms with Crippen LogP contribution in [-0.4, -0.2) is 20.9 Å². The lowest BCUT2D eigenvalue weighted by Crippen LogP contribution is -2.35. The molecular weight excluding hydrogens is 384 g/mol. The summed E-state index contributed by atoms with van der Waals surface area (Å²) in [5, 5.41) is 0. The Bertz CT molecular complexity index is 1080. The van der Waals surface area contributed by atoms with E-state index in [0.717, 1.165) is 29.0 Å². The van der Waals surface area contributed by atoms with Crippen LogP contribution in [0.25, 0.3) is 0 Å². The van der Waals surface area contributed by atoms with Crippen molar-refractivity contribution < 1.29 is 17.6 Å². The minimum absolute atomic E-state index is 0.191. The SMILES string of the molecule is Cc1ccc(S(=O)(=O)Nc2ccc3c(c2)CCCN3C(=O)c2ccco2)s1. The number of sulfonamides is 1. The van der Waals surface area contributed by atoms with Gasteiger partial charge in [-0.15, -0.1) is 11.3 Å². The van der Waals surface area contributed by atoms with Crippen LogP contribution in [-0.2, 0) is 16.4 Å². The smallest absolute Gasteiger partial charge is 0.293 e. The summed E-state index contributed by atoms with van der Waals surface area (Å²) in [6.07, 6.45) is 3.06. The number of aryl methyl sites for hydroxylation is 2.